The first-order valence-corrected chi connectivity index (χ1v) is 5.25. The summed E-state index contributed by atoms with van der Waals surface area (Å²) in [5, 5.41) is 14.0. The number of hydrogen-bond donors (Lipinski definition) is 1. The summed E-state index contributed by atoms with van der Waals surface area (Å²) in [5.41, 5.74) is 0.777. The van der Waals surface area contributed by atoms with E-state index in [0.717, 1.165) is 10.9 Å². The number of carboxylic acid groups (broad SMARTS) is 1. The Bertz CT molecular complexity index is 736. The fraction of sp³-hybridized carbons (Fsp3) is 0. The highest BCUT2D eigenvalue weighted by atomic mass is 16.4. The summed E-state index contributed by atoms with van der Waals surface area (Å²) < 4.78 is 1.52. The lowest BCUT2D eigenvalue weighted by atomic mass is 10.3. The van der Waals surface area contributed by atoms with Crippen LogP contribution in [0.25, 0.3) is 16.9 Å². The minimum atomic E-state index is -1.09. The van der Waals surface area contributed by atoms with Crippen LogP contribution in [0.5, 0.6) is 0 Å². The molecule has 0 atom stereocenters. The molecule has 3 aromatic rings. The van der Waals surface area contributed by atoms with E-state index in [1.165, 1.54) is 16.9 Å². The maximum absolute atomic E-state index is 10.9. The first kappa shape index (κ1) is 10.4. The van der Waals surface area contributed by atoms with Crippen molar-refractivity contribution >= 4 is 16.9 Å². The number of benzene rings is 1. The van der Waals surface area contributed by atoms with Gasteiger partial charge in [0.25, 0.3) is 5.95 Å². The molecular weight excluding hydrogens is 232 g/mol. The number of hydrogen-bond acceptors (Lipinski definition) is 4. The Morgan fingerprint density at radius 1 is 1.22 bits per heavy atom. The number of carboxylic acids is 1. The lowest BCUT2D eigenvalue weighted by Gasteiger charge is -2.01. The summed E-state index contributed by atoms with van der Waals surface area (Å²) >= 11 is 0. The fourth-order valence-corrected chi connectivity index (χ4v) is 1.70. The highest BCUT2D eigenvalue weighted by Gasteiger charge is 2.10. The van der Waals surface area contributed by atoms with Crippen LogP contribution in [0, 0.1) is 0 Å². The number of fused-ring (bicyclic) bond motifs is 1. The van der Waals surface area contributed by atoms with Gasteiger partial charge < -0.3 is 5.11 Å². The molecule has 0 aliphatic heterocycles. The molecule has 0 aliphatic carbocycles. The number of aromatic carboxylic acids is 1. The van der Waals surface area contributed by atoms with E-state index in [0.29, 0.717) is 0 Å². The standard InChI is InChI=1S/C12H8N4O2/c17-11(18)9-5-6-13-12(15-9)16-10-4-2-1-3-8(10)7-14-16/h1-7H,(H,17,18). The highest BCUT2D eigenvalue weighted by Crippen LogP contribution is 2.15. The van der Waals surface area contributed by atoms with Crippen LogP contribution >= 0.6 is 0 Å². The van der Waals surface area contributed by atoms with Crippen LogP contribution in [-0.4, -0.2) is 30.8 Å². The summed E-state index contributed by atoms with van der Waals surface area (Å²) in [7, 11) is 0. The topological polar surface area (TPSA) is 80.9 Å². The lowest BCUT2D eigenvalue weighted by Crippen LogP contribution is -2.07. The van der Waals surface area contributed by atoms with Crippen LogP contribution in [0.15, 0.2) is 42.7 Å². The van der Waals surface area contributed by atoms with Crippen molar-refractivity contribution in [3.63, 3.8) is 0 Å². The molecule has 6 nitrogen and oxygen atoms in total. The molecule has 1 N–H and O–H groups in total. The van der Waals surface area contributed by atoms with Gasteiger partial charge >= 0.3 is 5.97 Å². The van der Waals surface area contributed by atoms with E-state index in [2.05, 4.69) is 15.1 Å². The van der Waals surface area contributed by atoms with Crippen molar-refractivity contribution in [3.05, 3.63) is 48.4 Å². The Balaban J connectivity index is 2.20. The van der Waals surface area contributed by atoms with Crippen LogP contribution in [-0.2, 0) is 0 Å². The largest absolute Gasteiger partial charge is 0.477 e. The Kier molecular flexibility index (Phi) is 2.26. The molecule has 0 amide bonds. The maximum Gasteiger partial charge on any atom is 0.354 e. The van der Waals surface area contributed by atoms with Gasteiger partial charge in [0.05, 0.1) is 11.7 Å². The van der Waals surface area contributed by atoms with E-state index in [1.807, 2.05) is 24.3 Å². The summed E-state index contributed by atoms with van der Waals surface area (Å²) in [6.07, 6.45) is 3.09. The molecule has 0 aliphatic rings. The SMILES string of the molecule is O=C(O)c1ccnc(-n2ncc3ccccc32)n1. The molecule has 0 saturated carbocycles. The van der Waals surface area contributed by atoms with E-state index >= 15 is 0 Å². The van der Waals surface area contributed by atoms with Crippen LogP contribution in [0.2, 0.25) is 0 Å². The van der Waals surface area contributed by atoms with Crippen molar-refractivity contribution in [3.8, 4) is 5.95 Å². The smallest absolute Gasteiger partial charge is 0.354 e. The predicted octanol–water partition coefficient (Wildman–Crippen LogP) is 1.51. The van der Waals surface area contributed by atoms with E-state index in [-0.39, 0.29) is 11.6 Å². The number of carbonyl (C=O) groups is 1. The predicted molar refractivity (Wildman–Crippen MR) is 63.6 cm³/mol. The van der Waals surface area contributed by atoms with Gasteiger partial charge in [-0.1, -0.05) is 18.2 Å². The molecule has 0 fully saturated rings. The van der Waals surface area contributed by atoms with E-state index in [9.17, 15) is 4.79 Å². The minimum Gasteiger partial charge on any atom is -0.477 e. The molecule has 0 radical (unpaired) electrons. The van der Waals surface area contributed by atoms with Gasteiger partial charge in [-0.25, -0.2) is 14.8 Å². The third-order valence-corrected chi connectivity index (χ3v) is 2.53. The Hall–Kier alpha value is -2.76. The zero-order valence-electron chi connectivity index (χ0n) is 9.19. The molecule has 0 spiro atoms. The average molecular weight is 240 g/mol. The van der Waals surface area contributed by atoms with Crippen LogP contribution in [0.3, 0.4) is 0 Å². The van der Waals surface area contributed by atoms with E-state index < -0.39 is 5.97 Å². The Morgan fingerprint density at radius 2 is 2.06 bits per heavy atom. The third kappa shape index (κ3) is 1.60. The van der Waals surface area contributed by atoms with Gasteiger partial charge in [-0.3, -0.25) is 0 Å². The maximum atomic E-state index is 10.9. The van der Waals surface area contributed by atoms with Crippen LogP contribution in [0.1, 0.15) is 10.5 Å². The van der Waals surface area contributed by atoms with E-state index in [4.69, 9.17) is 5.11 Å². The van der Waals surface area contributed by atoms with Crippen molar-refractivity contribution in [1.82, 2.24) is 19.7 Å². The van der Waals surface area contributed by atoms with Gasteiger partial charge in [-0.2, -0.15) is 9.78 Å². The van der Waals surface area contributed by atoms with Gasteiger partial charge in [-0.15, -0.1) is 0 Å². The van der Waals surface area contributed by atoms with E-state index in [1.54, 1.807) is 6.20 Å². The van der Waals surface area contributed by atoms with Gasteiger partial charge in [0.2, 0.25) is 0 Å². The average Bonchev–Trinajstić information content (AvgIpc) is 2.82. The molecular formula is C12H8N4O2. The number of nitrogens with zero attached hydrogens (tertiary/aromatic N) is 4. The fourth-order valence-electron chi connectivity index (χ4n) is 1.70. The van der Waals surface area contributed by atoms with Crippen LogP contribution in [0.4, 0.5) is 0 Å². The zero-order chi connectivity index (χ0) is 12.5. The summed E-state index contributed by atoms with van der Waals surface area (Å²) in [6, 6.07) is 8.92. The Morgan fingerprint density at radius 3 is 2.89 bits per heavy atom. The lowest BCUT2D eigenvalue weighted by molar-refractivity contribution is 0.0690. The first-order chi connectivity index (χ1) is 8.75. The zero-order valence-corrected chi connectivity index (χ0v) is 9.19. The van der Waals surface area contributed by atoms with Gasteiger partial charge in [0, 0.05) is 11.6 Å². The van der Waals surface area contributed by atoms with Crippen molar-refractivity contribution in [2.75, 3.05) is 0 Å². The first-order valence-electron chi connectivity index (χ1n) is 5.25. The second-order valence-electron chi connectivity index (χ2n) is 3.66. The monoisotopic (exact) mass is 240 g/mol. The van der Waals surface area contributed by atoms with Crippen molar-refractivity contribution in [2.45, 2.75) is 0 Å². The van der Waals surface area contributed by atoms with Gasteiger partial charge in [0.15, 0.2) is 5.69 Å². The second kappa shape index (κ2) is 3.92. The third-order valence-electron chi connectivity index (χ3n) is 2.53. The van der Waals surface area contributed by atoms with Crippen molar-refractivity contribution in [2.24, 2.45) is 0 Å². The van der Waals surface area contributed by atoms with Crippen molar-refractivity contribution < 1.29 is 9.90 Å². The molecule has 0 saturated heterocycles. The second-order valence-corrected chi connectivity index (χ2v) is 3.66. The number of rotatable bonds is 2. The quantitative estimate of drug-likeness (QED) is 0.734. The summed E-state index contributed by atoms with van der Waals surface area (Å²) in [5.74, 6) is -0.841. The normalized spacial score (nSPS) is 10.7. The Labute approximate surface area is 102 Å². The molecule has 18 heavy (non-hydrogen) atoms. The molecule has 1 aromatic carbocycles. The molecule has 2 aromatic heterocycles. The number of para-hydroxylation sites is 1. The molecule has 0 unspecified atom stereocenters. The van der Waals surface area contributed by atoms with Gasteiger partial charge in [0.1, 0.15) is 0 Å². The summed E-state index contributed by atoms with van der Waals surface area (Å²) in [4.78, 5) is 18.9. The molecule has 88 valence electrons. The van der Waals surface area contributed by atoms with Gasteiger partial charge in [-0.05, 0) is 12.1 Å². The highest BCUT2D eigenvalue weighted by molar-refractivity contribution is 5.85. The molecule has 6 heteroatoms. The minimum absolute atomic E-state index is 0.0559. The summed E-state index contributed by atoms with van der Waals surface area (Å²) in [6.45, 7) is 0. The van der Waals surface area contributed by atoms with Crippen LogP contribution < -0.4 is 0 Å². The molecule has 3 rings (SSSR count). The van der Waals surface area contributed by atoms with Crippen molar-refractivity contribution in [1.29, 1.82) is 0 Å². The number of aromatic nitrogens is 4. The molecule has 0 bridgehead atoms. The molecule has 2 heterocycles.